The first-order valence-corrected chi connectivity index (χ1v) is 7.16. The lowest BCUT2D eigenvalue weighted by Crippen LogP contribution is -2.45. The molecule has 1 aromatic carbocycles. The molecule has 3 rings (SSSR count). The number of piperidine rings is 1. The highest BCUT2D eigenvalue weighted by atomic mass is 19.4. The number of nitrogens with one attached hydrogen (secondary N) is 1. The van der Waals surface area contributed by atoms with Gasteiger partial charge in [0.05, 0.1) is 5.92 Å². The van der Waals surface area contributed by atoms with E-state index in [0.717, 1.165) is 18.7 Å². The van der Waals surface area contributed by atoms with Gasteiger partial charge in [-0.25, -0.2) is 0 Å². The number of alkyl halides is 3. The van der Waals surface area contributed by atoms with E-state index in [9.17, 15) is 13.2 Å². The molecular formula is C15H19F3N2. The van der Waals surface area contributed by atoms with Gasteiger partial charge in [-0.15, -0.1) is 0 Å². The van der Waals surface area contributed by atoms with Crippen LogP contribution in [-0.4, -0.2) is 36.8 Å². The minimum Gasteiger partial charge on any atom is -0.380 e. The first kappa shape index (κ1) is 13.7. The van der Waals surface area contributed by atoms with Crippen LogP contribution in [0.2, 0.25) is 0 Å². The van der Waals surface area contributed by atoms with Crippen molar-refractivity contribution < 1.29 is 13.2 Å². The fourth-order valence-electron chi connectivity index (χ4n) is 3.29. The van der Waals surface area contributed by atoms with Crippen molar-refractivity contribution in [3.05, 3.63) is 29.8 Å². The summed E-state index contributed by atoms with van der Waals surface area (Å²) in [5, 5.41) is 3.41. The number of anilines is 1. The van der Waals surface area contributed by atoms with E-state index in [1.807, 2.05) is 23.1 Å². The van der Waals surface area contributed by atoms with Crippen LogP contribution in [0.3, 0.4) is 0 Å². The van der Waals surface area contributed by atoms with Crippen LogP contribution in [0.15, 0.2) is 24.3 Å². The Morgan fingerprint density at radius 3 is 2.80 bits per heavy atom. The molecule has 0 spiro atoms. The highest BCUT2D eigenvalue weighted by Gasteiger charge is 2.42. The number of benzene rings is 1. The summed E-state index contributed by atoms with van der Waals surface area (Å²) < 4.78 is 38.4. The third-order valence-electron chi connectivity index (χ3n) is 4.29. The normalized spacial score (nSPS) is 27.1. The van der Waals surface area contributed by atoms with Crippen molar-refractivity contribution in [3.63, 3.8) is 0 Å². The monoisotopic (exact) mass is 284 g/mol. The zero-order valence-corrected chi connectivity index (χ0v) is 11.3. The number of hydrogen-bond donors (Lipinski definition) is 1. The Labute approximate surface area is 117 Å². The fraction of sp³-hybridized carbons (Fsp3) is 0.600. The molecule has 0 amide bonds. The quantitative estimate of drug-likeness (QED) is 0.896. The minimum atomic E-state index is -4.05. The average molecular weight is 284 g/mol. The van der Waals surface area contributed by atoms with Gasteiger partial charge < -0.3 is 10.2 Å². The standard InChI is InChI=1S/C15H19F3N2/c16-15(17,18)12-5-3-7-20(9-12)10-13-8-11-4-1-2-6-14(11)19-13/h1-2,4,6,12-13,19H,3,5,7-10H2. The predicted molar refractivity (Wildman–Crippen MR) is 72.8 cm³/mol. The zero-order chi connectivity index (χ0) is 14.2. The highest BCUT2D eigenvalue weighted by Crippen LogP contribution is 2.33. The van der Waals surface area contributed by atoms with Gasteiger partial charge in [0.2, 0.25) is 0 Å². The number of likely N-dealkylation sites (tertiary alicyclic amines) is 1. The van der Waals surface area contributed by atoms with Crippen molar-refractivity contribution >= 4 is 5.69 Å². The van der Waals surface area contributed by atoms with Crippen molar-refractivity contribution in [2.24, 2.45) is 5.92 Å². The molecule has 2 aliphatic rings. The summed E-state index contributed by atoms with van der Waals surface area (Å²) >= 11 is 0. The molecule has 0 aliphatic carbocycles. The summed E-state index contributed by atoms with van der Waals surface area (Å²) in [5.41, 5.74) is 2.39. The van der Waals surface area contributed by atoms with Crippen LogP contribution in [0.1, 0.15) is 18.4 Å². The molecule has 0 radical (unpaired) electrons. The van der Waals surface area contributed by atoms with Crippen molar-refractivity contribution in [2.45, 2.75) is 31.5 Å². The third-order valence-corrected chi connectivity index (χ3v) is 4.29. The van der Waals surface area contributed by atoms with Crippen LogP contribution in [-0.2, 0) is 6.42 Å². The lowest BCUT2D eigenvalue weighted by Gasteiger charge is -2.35. The van der Waals surface area contributed by atoms with E-state index < -0.39 is 12.1 Å². The highest BCUT2D eigenvalue weighted by molar-refractivity contribution is 5.56. The smallest absolute Gasteiger partial charge is 0.380 e. The molecule has 20 heavy (non-hydrogen) atoms. The Hall–Kier alpha value is -1.23. The van der Waals surface area contributed by atoms with Crippen molar-refractivity contribution in [1.82, 2.24) is 4.90 Å². The second-order valence-electron chi connectivity index (χ2n) is 5.84. The molecule has 0 saturated carbocycles. The molecule has 1 fully saturated rings. The summed E-state index contributed by atoms with van der Waals surface area (Å²) in [6.45, 7) is 1.63. The van der Waals surface area contributed by atoms with Crippen LogP contribution >= 0.6 is 0 Å². The average Bonchev–Trinajstić information content (AvgIpc) is 2.80. The largest absolute Gasteiger partial charge is 0.393 e. The minimum absolute atomic E-state index is 0.151. The fourth-order valence-corrected chi connectivity index (χ4v) is 3.29. The molecule has 110 valence electrons. The predicted octanol–water partition coefficient (Wildman–Crippen LogP) is 3.30. The Morgan fingerprint density at radius 2 is 2.05 bits per heavy atom. The van der Waals surface area contributed by atoms with Crippen molar-refractivity contribution in [1.29, 1.82) is 0 Å². The molecule has 2 atom stereocenters. The maximum Gasteiger partial charge on any atom is 0.393 e. The lowest BCUT2D eigenvalue weighted by atomic mass is 9.97. The molecule has 0 aromatic heterocycles. The number of halogens is 3. The zero-order valence-electron chi connectivity index (χ0n) is 11.3. The molecule has 2 heterocycles. The van der Waals surface area contributed by atoms with Gasteiger partial charge in [-0.3, -0.25) is 0 Å². The summed E-state index contributed by atoms with van der Waals surface area (Å²) in [5.74, 6) is -1.15. The maximum absolute atomic E-state index is 12.8. The van der Waals surface area contributed by atoms with E-state index in [1.165, 1.54) is 5.56 Å². The summed E-state index contributed by atoms with van der Waals surface area (Å²) in [6, 6.07) is 8.33. The van der Waals surface area contributed by atoms with Crippen LogP contribution in [0, 0.1) is 5.92 Å². The number of rotatable bonds is 2. The van der Waals surface area contributed by atoms with E-state index >= 15 is 0 Å². The molecule has 1 N–H and O–H groups in total. The summed E-state index contributed by atoms with van der Waals surface area (Å²) in [7, 11) is 0. The van der Waals surface area contributed by atoms with Crippen molar-refractivity contribution in [2.75, 3.05) is 25.0 Å². The maximum atomic E-state index is 12.8. The molecule has 5 heteroatoms. The third kappa shape index (κ3) is 2.92. The first-order chi connectivity index (χ1) is 9.52. The number of para-hydroxylation sites is 1. The van der Waals surface area contributed by atoms with Gasteiger partial charge in [-0.1, -0.05) is 18.2 Å². The van der Waals surface area contributed by atoms with Crippen LogP contribution in [0.25, 0.3) is 0 Å². The summed E-state index contributed by atoms with van der Waals surface area (Å²) in [6.07, 6.45) is -2.23. The van der Waals surface area contributed by atoms with Gasteiger partial charge in [-0.2, -0.15) is 13.2 Å². The van der Waals surface area contributed by atoms with Crippen LogP contribution in [0.5, 0.6) is 0 Å². The number of hydrogen-bond acceptors (Lipinski definition) is 2. The Morgan fingerprint density at radius 1 is 1.25 bits per heavy atom. The molecule has 0 bridgehead atoms. The van der Waals surface area contributed by atoms with E-state index in [2.05, 4.69) is 11.4 Å². The number of fused-ring (bicyclic) bond motifs is 1. The van der Waals surface area contributed by atoms with E-state index in [-0.39, 0.29) is 19.0 Å². The van der Waals surface area contributed by atoms with Gasteiger partial charge in [0.25, 0.3) is 0 Å². The van der Waals surface area contributed by atoms with E-state index in [4.69, 9.17) is 0 Å². The number of nitrogens with zero attached hydrogens (tertiary/aromatic N) is 1. The molecular weight excluding hydrogens is 265 g/mol. The summed E-state index contributed by atoms with van der Waals surface area (Å²) in [4.78, 5) is 1.96. The van der Waals surface area contributed by atoms with Gasteiger partial charge >= 0.3 is 6.18 Å². The second-order valence-corrected chi connectivity index (χ2v) is 5.84. The molecule has 2 nitrogen and oxygen atoms in total. The first-order valence-electron chi connectivity index (χ1n) is 7.16. The molecule has 2 aliphatic heterocycles. The van der Waals surface area contributed by atoms with Crippen LogP contribution in [0.4, 0.5) is 18.9 Å². The molecule has 1 saturated heterocycles. The van der Waals surface area contributed by atoms with Gasteiger partial charge in [0.1, 0.15) is 0 Å². The SMILES string of the molecule is FC(F)(F)C1CCCN(CC2Cc3ccccc3N2)C1. The Bertz CT molecular complexity index is 447. The van der Waals surface area contributed by atoms with Crippen LogP contribution < -0.4 is 5.32 Å². The topological polar surface area (TPSA) is 15.3 Å². The Balaban J connectivity index is 1.57. The second kappa shape index (κ2) is 5.28. The van der Waals surface area contributed by atoms with E-state index in [1.54, 1.807) is 0 Å². The van der Waals surface area contributed by atoms with E-state index in [0.29, 0.717) is 13.0 Å². The molecule has 2 unspecified atom stereocenters. The van der Waals surface area contributed by atoms with Gasteiger partial charge in [0, 0.05) is 24.8 Å². The Kier molecular flexibility index (Phi) is 3.63. The van der Waals surface area contributed by atoms with Crippen molar-refractivity contribution in [3.8, 4) is 0 Å². The van der Waals surface area contributed by atoms with Gasteiger partial charge in [-0.05, 0) is 37.4 Å². The lowest BCUT2D eigenvalue weighted by molar-refractivity contribution is -0.186. The molecule has 1 aromatic rings. The van der Waals surface area contributed by atoms with Gasteiger partial charge in [0.15, 0.2) is 0 Å².